The maximum atomic E-state index is 11.1. The number of nitrogens with one attached hydrogen (secondary N) is 2. The van der Waals surface area contributed by atoms with Gasteiger partial charge in [0.25, 0.3) is 0 Å². The molecular formula is C13H17BrN2O. The Morgan fingerprint density at radius 1 is 1.59 bits per heavy atom. The van der Waals surface area contributed by atoms with Crippen molar-refractivity contribution in [3.63, 3.8) is 0 Å². The highest BCUT2D eigenvalue weighted by atomic mass is 79.9. The van der Waals surface area contributed by atoms with Gasteiger partial charge in [-0.25, -0.2) is 0 Å². The molecule has 1 aromatic carbocycles. The van der Waals surface area contributed by atoms with Gasteiger partial charge in [-0.3, -0.25) is 4.79 Å². The van der Waals surface area contributed by atoms with Gasteiger partial charge < -0.3 is 10.6 Å². The van der Waals surface area contributed by atoms with Crippen molar-refractivity contribution in [1.82, 2.24) is 10.6 Å². The largest absolute Gasteiger partial charge is 0.352 e. The molecule has 0 aliphatic carbocycles. The van der Waals surface area contributed by atoms with Gasteiger partial charge in [-0.2, -0.15) is 0 Å². The lowest BCUT2D eigenvalue weighted by Crippen LogP contribution is -2.36. The fourth-order valence-electron chi connectivity index (χ4n) is 2.04. The van der Waals surface area contributed by atoms with Crippen LogP contribution < -0.4 is 10.6 Å². The minimum Gasteiger partial charge on any atom is -0.352 e. The molecule has 2 N–H and O–H groups in total. The van der Waals surface area contributed by atoms with Gasteiger partial charge in [0, 0.05) is 29.5 Å². The van der Waals surface area contributed by atoms with Crippen molar-refractivity contribution in [1.29, 1.82) is 0 Å². The van der Waals surface area contributed by atoms with Gasteiger partial charge in [0.1, 0.15) is 0 Å². The van der Waals surface area contributed by atoms with E-state index in [2.05, 4.69) is 45.6 Å². The predicted octanol–water partition coefficient (Wildman–Crippen LogP) is 2.38. The van der Waals surface area contributed by atoms with Crippen molar-refractivity contribution in [2.24, 2.45) is 0 Å². The van der Waals surface area contributed by atoms with Crippen LogP contribution in [0.25, 0.3) is 0 Å². The van der Waals surface area contributed by atoms with Crippen LogP contribution in [0.5, 0.6) is 0 Å². The molecule has 2 atom stereocenters. The third-order valence-electron chi connectivity index (χ3n) is 3.10. The molecule has 17 heavy (non-hydrogen) atoms. The van der Waals surface area contributed by atoms with Crippen LogP contribution in [0.4, 0.5) is 0 Å². The standard InChI is InChI=1S/C13H17BrN2O/c1-9(10-3-2-4-11(14)7-10)15-8-12-5-6-13(17)16-12/h2-4,7,9,12,15H,5-6,8H2,1H3,(H,16,17)/t9-,12?/m1/s1. The summed E-state index contributed by atoms with van der Waals surface area (Å²) in [5.74, 6) is 0.173. The normalized spacial score (nSPS) is 21.3. The van der Waals surface area contributed by atoms with E-state index in [1.54, 1.807) is 0 Å². The number of rotatable bonds is 4. The van der Waals surface area contributed by atoms with Crippen molar-refractivity contribution >= 4 is 21.8 Å². The molecule has 0 saturated carbocycles. The van der Waals surface area contributed by atoms with Crippen molar-refractivity contribution in [2.75, 3.05) is 6.54 Å². The third-order valence-corrected chi connectivity index (χ3v) is 3.60. The van der Waals surface area contributed by atoms with Crippen LogP contribution in [0.15, 0.2) is 28.7 Å². The molecule has 1 aromatic rings. The van der Waals surface area contributed by atoms with Gasteiger partial charge in [0.15, 0.2) is 0 Å². The van der Waals surface area contributed by atoms with E-state index < -0.39 is 0 Å². The summed E-state index contributed by atoms with van der Waals surface area (Å²) in [5.41, 5.74) is 1.25. The molecule has 2 rings (SSSR count). The van der Waals surface area contributed by atoms with Crippen LogP contribution in [-0.4, -0.2) is 18.5 Å². The Morgan fingerprint density at radius 3 is 3.06 bits per heavy atom. The van der Waals surface area contributed by atoms with E-state index in [-0.39, 0.29) is 11.9 Å². The molecule has 1 saturated heterocycles. The predicted molar refractivity (Wildman–Crippen MR) is 71.7 cm³/mol. The van der Waals surface area contributed by atoms with Crippen LogP contribution in [0.2, 0.25) is 0 Å². The van der Waals surface area contributed by atoms with Gasteiger partial charge in [-0.1, -0.05) is 28.1 Å². The summed E-state index contributed by atoms with van der Waals surface area (Å²) in [4.78, 5) is 11.1. The summed E-state index contributed by atoms with van der Waals surface area (Å²) in [5, 5.41) is 6.41. The molecular weight excluding hydrogens is 280 g/mol. The number of hydrogen-bond acceptors (Lipinski definition) is 2. The second-order valence-electron chi connectivity index (χ2n) is 4.49. The van der Waals surface area contributed by atoms with Crippen LogP contribution in [0.1, 0.15) is 31.4 Å². The summed E-state index contributed by atoms with van der Waals surface area (Å²) in [7, 11) is 0. The van der Waals surface area contributed by atoms with E-state index in [0.717, 1.165) is 17.4 Å². The van der Waals surface area contributed by atoms with Crippen molar-refractivity contribution < 1.29 is 4.79 Å². The second-order valence-corrected chi connectivity index (χ2v) is 5.40. The summed E-state index contributed by atoms with van der Waals surface area (Å²) in [6, 6.07) is 8.87. The number of halogens is 1. The Morgan fingerprint density at radius 2 is 2.41 bits per heavy atom. The maximum absolute atomic E-state index is 11.1. The van der Waals surface area contributed by atoms with Crippen LogP contribution in [0, 0.1) is 0 Å². The van der Waals surface area contributed by atoms with E-state index >= 15 is 0 Å². The van der Waals surface area contributed by atoms with Gasteiger partial charge in [0.05, 0.1) is 0 Å². The average Bonchev–Trinajstić information content (AvgIpc) is 2.72. The highest BCUT2D eigenvalue weighted by molar-refractivity contribution is 9.10. The van der Waals surface area contributed by atoms with Crippen LogP contribution >= 0.6 is 15.9 Å². The van der Waals surface area contributed by atoms with Gasteiger partial charge >= 0.3 is 0 Å². The lowest BCUT2D eigenvalue weighted by atomic mass is 10.1. The quantitative estimate of drug-likeness (QED) is 0.896. The Kier molecular flexibility index (Phi) is 4.18. The lowest BCUT2D eigenvalue weighted by molar-refractivity contribution is -0.119. The molecule has 0 radical (unpaired) electrons. The molecule has 1 unspecified atom stereocenters. The zero-order valence-corrected chi connectivity index (χ0v) is 11.5. The second kappa shape index (κ2) is 5.65. The molecule has 92 valence electrons. The third kappa shape index (κ3) is 3.54. The minimum atomic E-state index is 0.173. The Hall–Kier alpha value is -0.870. The molecule has 3 nitrogen and oxygen atoms in total. The van der Waals surface area contributed by atoms with E-state index in [9.17, 15) is 4.79 Å². The minimum absolute atomic E-state index is 0.173. The summed E-state index contributed by atoms with van der Waals surface area (Å²) < 4.78 is 1.10. The summed E-state index contributed by atoms with van der Waals surface area (Å²) in [6.45, 7) is 2.97. The monoisotopic (exact) mass is 296 g/mol. The summed E-state index contributed by atoms with van der Waals surface area (Å²) >= 11 is 3.47. The van der Waals surface area contributed by atoms with Gasteiger partial charge in [-0.15, -0.1) is 0 Å². The maximum Gasteiger partial charge on any atom is 0.220 e. The molecule has 0 bridgehead atoms. The van der Waals surface area contributed by atoms with E-state index in [1.165, 1.54) is 5.56 Å². The van der Waals surface area contributed by atoms with Crippen molar-refractivity contribution in [3.05, 3.63) is 34.3 Å². The molecule has 0 spiro atoms. The Balaban J connectivity index is 1.85. The summed E-state index contributed by atoms with van der Waals surface area (Å²) in [6.07, 6.45) is 1.61. The average molecular weight is 297 g/mol. The molecule has 1 amide bonds. The Bertz CT molecular complexity index is 408. The van der Waals surface area contributed by atoms with Crippen molar-refractivity contribution in [3.8, 4) is 0 Å². The zero-order valence-electron chi connectivity index (χ0n) is 9.87. The molecule has 0 aromatic heterocycles. The Labute approximate surface area is 110 Å². The van der Waals surface area contributed by atoms with Gasteiger partial charge in [-0.05, 0) is 31.0 Å². The topological polar surface area (TPSA) is 41.1 Å². The molecule has 4 heteroatoms. The number of amides is 1. The zero-order chi connectivity index (χ0) is 12.3. The molecule has 1 aliphatic heterocycles. The fraction of sp³-hybridized carbons (Fsp3) is 0.462. The van der Waals surface area contributed by atoms with E-state index in [1.807, 2.05) is 12.1 Å². The number of hydrogen-bond donors (Lipinski definition) is 2. The highest BCUT2D eigenvalue weighted by Gasteiger charge is 2.20. The van der Waals surface area contributed by atoms with Gasteiger partial charge in [0.2, 0.25) is 5.91 Å². The van der Waals surface area contributed by atoms with Crippen LogP contribution in [0.3, 0.4) is 0 Å². The number of carbonyl (C=O) groups is 1. The van der Waals surface area contributed by atoms with Crippen molar-refractivity contribution in [2.45, 2.75) is 31.8 Å². The first-order valence-electron chi connectivity index (χ1n) is 5.93. The molecule has 1 heterocycles. The number of benzene rings is 1. The SMILES string of the molecule is C[C@@H](NCC1CCC(=O)N1)c1cccc(Br)c1. The first kappa shape index (κ1) is 12.6. The van der Waals surface area contributed by atoms with E-state index in [0.29, 0.717) is 12.5 Å². The molecule has 1 fully saturated rings. The lowest BCUT2D eigenvalue weighted by Gasteiger charge is -2.17. The van der Waals surface area contributed by atoms with E-state index in [4.69, 9.17) is 0 Å². The smallest absolute Gasteiger partial charge is 0.220 e. The van der Waals surface area contributed by atoms with Crippen LogP contribution in [-0.2, 0) is 4.79 Å². The fourth-order valence-corrected chi connectivity index (χ4v) is 2.46. The number of carbonyl (C=O) groups excluding carboxylic acids is 1. The first-order valence-corrected chi connectivity index (χ1v) is 6.72. The molecule has 1 aliphatic rings. The first-order chi connectivity index (χ1) is 8.15. The highest BCUT2D eigenvalue weighted by Crippen LogP contribution is 2.18.